The third-order valence-corrected chi connectivity index (χ3v) is 2.31. The lowest BCUT2D eigenvalue weighted by Crippen LogP contribution is -2.40. The molecule has 0 saturated heterocycles. The van der Waals surface area contributed by atoms with Gasteiger partial charge in [-0.3, -0.25) is 4.99 Å². The predicted molar refractivity (Wildman–Crippen MR) is 63.7 cm³/mol. The quantitative estimate of drug-likeness (QED) is 0.495. The van der Waals surface area contributed by atoms with Gasteiger partial charge in [0, 0.05) is 6.21 Å². The van der Waals surface area contributed by atoms with Crippen molar-refractivity contribution in [2.45, 2.75) is 24.9 Å². The van der Waals surface area contributed by atoms with Crippen LogP contribution in [0.25, 0.3) is 0 Å². The summed E-state index contributed by atoms with van der Waals surface area (Å²) in [6.45, 7) is -0.218. The van der Waals surface area contributed by atoms with Gasteiger partial charge in [0.1, 0.15) is 18.3 Å². The van der Waals surface area contributed by atoms with Crippen molar-refractivity contribution in [2.75, 3.05) is 6.61 Å². The Hall–Kier alpha value is -1.27. The van der Waals surface area contributed by atoms with Crippen LogP contribution in [-0.2, 0) is 6.54 Å². The SMILES string of the molecule is OC[C@@H](O)[C@@H](O)[C@H](O)C=NCc1ccccc1. The zero-order valence-electron chi connectivity index (χ0n) is 9.35. The molecule has 0 bridgehead atoms. The van der Waals surface area contributed by atoms with Crippen molar-refractivity contribution < 1.29 is 20.4 Å². The third kappa shape index (κ3) is 4.62. The Morgan fingerprint density at radius 3 is 2.35 bits per heavy atom. The molecule has 0 spiro atoms. The summed E-state index contributed by atoms with van der Waals surface area (Å²) in [5.41, 5.74) is 0.980. The van der Waals surface area contributed by atoms with Gasteiger partial charge in [0.2, 0.25) is 0 Å². The average Bonchev–Trinajstić information content (AvgIpc) is 2.38. The van der Waals surface area contributed by atoms with Crippen LogP contribution in [0, 0.1) is 0 Å². The van der Waals surface area contributed by atoms with Crippen LogP contribution in [0.3, 0.4) is 0 Å². The molecule has 1 aromatic carbocycles. The van der Waals surface area contributed by atoms with Crippen molar-refractivity contribution in [1.82, 2.24) is 0 Å². The summed E-state index contributed by atoms with van der Waals surface area (Å²) in [7, 11) is 0. The van der Waals surface area contributed by atoms with Crippen LogP contribution in [0.1, 0.15) is 5.56 Å². The van der Waals surface area contributed by atoms with E-state index in [0.29, 0.717) is 6.54 Å². The third-order valence-electron chi connectivity index (χ3n) is 2.31. The Morgan fingerprint density at radius 1 is 1.12 bits per heavy atom. The monoisotopic (exact) mass is 239 g/mol. The Kier molecular flexibility index (Phi) is 5.79. The summed E-state index contributed by atoms with van der Waals surface area (Å²) >= 11 is 0. The van der Waals surface area contributed by atoms with Crippen LogP contribution in [-0.4, -0.2) is 51.6 Å². The van der Waals surface area contributed by atoms with Gasteiger partial charge in [0.15, 0.2) is 0 Å². The maximum absolute atomic E-state index is 9.43. The second-order valence-electron chi connectivity index (χ2n) is 3.71. The molecule has 0 aromatic heterocycles. The Balaban J connectivity index is 2.43. The van der Waals surface area contributed by atoms with Crippen molar-refractivity contribution in [1.29, 1.82) is 0 Å². The van der Waals surface area contributed by atoms with Crippen LogP contribution in [0.2, 0.25) is 0 Å². The number of aliphatic hydroxyl groups is 4. The van der Waals surface area contributed by atoms with Crippen LogP contribution >= 0.6 is 0 Å². The fourth-order valence-electron chi connectivity index (χ4n) is 1.27. The Morgan fingerprint density at radius 2 is 1.76 bits per heavy atom. The summed E-state index contributed by atoms with van der Waals surface area (Å²) in [4.78, 5) is 3.95. The van der Waals surface area contributed by atoms with E-state index in [0.717, 1.165) is 11.8 Å². The highest BCUT2D eigenvalue weighted by molar-refractivity contribution is 5.63. The molecule has 0 aliphatic rings. The number of aliphatic imine (C=N–C) groups is 1. The van der Waals surface area contributed by atoms with E-state index in [2.05, 4.69) is 4.99 Å². The molecule has 0 aliphatic carbocycles. The molecule has 1 rings (SSSR count). The van der Waals surface area contributed by atoms with E-state index < -0.39 is 24.9 Å². The van der Waals surface area contributed by atoms with Crippen LogP contribution in [0.15, 0.2) is 35.3 Å². The fraction of sp³-hybridized carbons (Fsp3) is 0.417. The molecule has 5 nitrogen and oxygen atoms in total. The highest BCUT2D eigenvalue weighted by Crippen LogP contribution is 2.01. The van der Waals surface area contributed by atoms with Gasteiger partial charge in [-0.25, -0.2) is 0 Å². The zero-order valence-corrected chi connectivity index (χ0v) is 9.35. The molecule has 1 aromatic rings. The maximum atomic E-state index is 9.43. The largest absolute Gasteiger partial charge is 0.394 e. The van der Waals surface area contributed by atoms with E-state index in [4.69, 9.17) is 10.2 Å². The van der Waals surface area contributed by atoms with E-state index >= 15 is 0 Å². The molecular weight excluding hydrogens is 222 g/mol. The number of rotatable bonds is 6. The van der Waals surface area contributed by atoms with Gasteiger partial charge < -0.3 is 20.4 Å². The molecule has 0 unspecified atom stereocenters. The first-order valence-electron chi connectivity index (χ1n) is 5.34. The van der Waals surface area contributed by atoms with Gasteiger partial charge in [-0.1, -0.05) is 30.3 Å². The van der Waals surface area contributed by atoms with Crippen molar-refractivity contribution in [3.05, 3.63) is 35.9 Å². The molecule has 4 N–H and O–H groups in total. The van der Waals surface area contributed by atoms with E-state index in [1.807, 2.05) is 30.3 Å². The summed E-state index contributed by atoms with van der Waals surface area (Å²) < 4.78 is 0. The minimum atomic E-state index is -1.43. The second-order valence-corrected chi connectivity index (χ2v) is 3.71. The molecule has 0 fully saturated rings. The standard InChI is InChI=1S/C12H17NO4/c14-8-11(16)12(17)10(15)7-13-6-9-4-2-1-3-5-9/h1-5,7,10-12,14-17H,6,8H2/t10-,11-,12+/m1/s1. The first-order valence-corrected chi connectivity index (χ1v) is 5.34. The number of benzene rings is 1. The first-order chi connectivity index (χ1) is 8.15. The lowest BCUT2D eigenvalue weighted by atomic mass is 10.1. The second kappa shape index (κ2) is 7.13. The van der Waals surface area contributed by atoms with E-state index in [1.165, 1.54) is 0 Å². The summed E-state index contributed by atoms with van der Waals surface area (Å²) in [5.74, 6) is 0. The first kappa shape index (κ1) is 13.8. The fourth-order valence-corrected chi connectivity index (χ4v) is 1.27. The molecule has 5 heteroatoms. The van der Waals surface area contributed by atoms with Crippen molar-refractivity contribution in [2.24, 2.45) is 4.99 Å². The molecular formula is C12H17NO4. The molecule has 17 heavy (non-hydrogen) atoms. The lowest BCUT2D eigenvalue weighted by molar-refractivity contribution is -0.0541. The number of aliphatic hydroxyl groups excluding tert-OH is 4. The number of hydrogen-bond acceptors (Lipinski definition) is 5. The van der Waals surface area contributed by atoms with Crippen molar-refractivity contribution >= 4 is 6.21 Å². The zero-order chi connectivity index (χ0) is 12.7. The van der Waals surface area contributed by atoms with Gasteiger partial charge in [-0.2, -0.15) is 0 Å². The minimum absolute atomic E-state index is 0.389. The van der Waals surface area contributed by atoms with Crippen LogP contribution in [0.4, 0.5) is 0 Å². The highest BCUT2D eigenvalue weighted by atomic mass is 16.4. The lowest BCUT2D eigenvalue weighted by Gasteiger charge is -2.18. The van der Waals surface area contributed by atoms with Gasteiger partial charge >= 0.3 is 0 Å². The van der Waals surface area contributed by atoms with Crippen molar-refractivity contribution in [3.63, 3.8) is 0 Å². The minimum Gasteiger partial charge on any atom is -0.394 e. The Labute approximate surface area is 99.7 Å². The van der Waals surface area contributed by atoms with Gasteiger partial charge in [-0.05, 0) is 5.56 Å². The smallest absolute Gasteiger partial charge is 0.117 e. The molecule has 0 heterocycles. The van der Waals surface area contributed by atoms with Crippen LogP contribution in [0.5, 0.6) is 0 Å². The van der Waals surface area contributed by atoms with Gasteiger partial charge in [0.25, 0.3) is 0 Å². The van der Waals surface area contributed by atoms with E-state index in [1.54, 1.807) is 0 Å². The van der Waals surface area contributed by atoms with Gasteiger partial charge in [-0.15, -0.1) is 0 Å². The van der Waals surface area contributed by atoms with E-state index in [-0.39, 0.29) is 0 Å². The highest BCUT2D eigenvalue weighted by Gasteiger charge is 2.22. The van der Waals surface area contributed by atoms with Crippen molar-refractivity contribution in [3.8, 4) is 0 Å². The van der Waals surface area contributed by atoms with Gasteiger partial charge in [0.05, 0.1) is 13.2 Å². The number of nitrogens with zero attached hydrogens (tertiary/aromatic N) is 1. The maximum Gasteiger partial charge on any atom is 0.117 e. The summed E-state index contributed by atoms with van der Waals surface area (Å²) in [5, 5.41) is 36.4. The normalized spacial score (nSPS) is 16.9. The molecule has 0 saturated carbocycles. The number of hydrogen-bond donors (Lipinski definition) is 4. The summed E-state index contributed by atoms with van der Waals surface area (Å²) in [6, 6.07) is 9.44. The Bertz CT molecular complexity index is 342. The molecule has 0 radical (unpaired) electrons. The molecule has 0 aliphatic heterocycles. The molecule has 94 valence electrons. The molecule has 0 amide bonds. The average molecular weight is 239 g/mol. The summed E-state index contributed by atoms with van der Waals surface area (Å²) in [6.07, 6.45) is -2.93. The van der Waals surface area contributed by atoms with Crippen LogP contribution < -0.4 is 0 Å². The predicted octanol–water partition coefficient (Wildman–Crippen LogP) is -0.668. The topological polar surface area (TPSA) is 93.3 Å². The van der Waals surface area contributed by atoms with E-state index in [9.17, 15) is 10.2 Å². The molecule has 3 atom stereocenters.